The van der Waals surface area contributed by atoms with Crippen molar-refractivity contribution >= 4 is 16.9 Å². The quantitative estimate of drug-likeness (QED) is 0.447. The molecule has 170 valence electrons. The van der Waals surface area contributed by atoms with E-state index in [4.69, 9.17) is 4.74 Å². The highest BCUT2D eigenvalue weighted by Gasteiger charge is 2.43. The van der Waals surface area contributed by atoms with Crippen molar-refractivity contribution in [3.8, 4) is 11.3 Å². The summed E-state index contributed by atoms with van der Waals surface area (Å²) >= 11 is 0. The number of benzene rings is 1. The molecule has 32 heavy (non-hydrogen) atoms. The second kappa shape index (κ2) is 8.14. The number of aliphatic hydroxyl groups is 2. The van der Waals surface area contributed by atoms with Crippen LogP contribution in [0.15, 0.2) is 36.4 Å². The van der Waals surface area contributed by atoms with Crippen LogP contribution < -0.4 is 5.32 Å². The number of fused-ring (bicyclic) bond motifs is 1. The van der Waals surface area contributed by atoms with Gasteiger partial charge in [0.2, 0.25) is 0 Å². The van der Waals surface area contributed by atoms with Crippen LogP contribution in [0.3, 0.4) is 0 Å². The van der Waals surface area contributed by atoms with E-state index in [1.54, 1.807) is 0 Å². The zero-order valence-corrected chi connectivity index (χ0v) is 18.4. The monoisotopic (exact) mass is 439 g/mol. The van der Waals surface area contributed by atoms with E-state index in [0.717, 1.165) is 24.2 Å². The van der Waals surface area contributed by atoms with Gasteiger partial charge in [-0.15, -0.1) is 0 Å². The molecule has 2 fully saturated rings. The average Bonchev–Trinajstić information content (AvgIpc) is 3.40. The third-order valence-corrected chi connectivity index (χ3v) is 7.24. The first kappa shape index (κ1) is 21.4. The van der Waals surface area contributed by atoms with E-state index in [1.807, 2.05) is 37.3 Å². The summed E-state index contributed by atoms with van der Waals surface area (Å²) in [4.78, 5) is 7.78. The number of pyridine rings is 1. The number of hydrogen-bond acceptors (Lipinski definition) is 5. The van der Waals surface area contributed by atoms with Crippen molar-refractivity contribution in [1.29, 1.82) is 0 Å². The van der Waals surface area contributed by atoms with Crippen LogP contribution in [-0.2, 0) is 10.2 Å². The average molecular weight is 440 g/mol. The smallest absolute Gasteiger partial charge is 0.151 e. The maximum Gasteiger partial charge on any atom is 0.151 e. The molecule has 1 saturated heterocycles. The summed E-state index contributed by atoms with van der Waals surface area (Å²) in [5.74, 6) is 0.513. The van der Waals surface area contributed by atoms with Gasteiger partial charge in [0.25, 0.3) is 0 Å². The molecule has 0 bridgehead atoms. The fourth-order valence-electron chi connectivity index (χ4n) is 4.80. The lowest BCUT2D eigenvalue weighted by atomic mass is 9.94. The fraction of sp³-hybridized carbons (Fsp3) is 0.480. The Bertz CT molecular complexity index is 1110. The second-order valence-electron chi connectivity index (χ2n) is 9.33. The van der Waals surface area contributed by atoms with E-state index in [1.165, 1.54) is 6.07 Å². The Morgan fingerprint density at radius 1 is 1.28 bits per heavy atom. The van der Waals surface area contributed by atoms with Gasteiger partial charge in [0.15, 0.2) is 5.82 Å². The molecule has 1 aromatic carbocycles. The van der Waals surface area contributed by atoms with Crippen molar-refractivity contribution in [3.63, 3.8) is 0 Å². The van der Waals surface area contributed by atoms with E-state index in [0.29, 0.717) is 35.3 Å². The molecule has 4 N–H and O–H groups in total. The largest absolute Gasteiger partial charge is 0.395 e. The summed E-state index contributed by atoms with van der Waals surface area (Å²) < 4.78 is 20.7. The lowest BCUT2D eigenvalue weighted by Gasteiger charge is -2.22. The van der Waals surface area contributed by atoms with Gasteiger partial charge in [-0.3, -0.25) is 0 Å². The molecular formula is C25H30FN3O3. The van der Waals surface area contributed by atoms with E-state index in [-0.39, 0.29) is 35.9 Å². The van der Waals surface area contributed by atoms with E-state index in [9.17, 15) is 14.6 Å². The molecule has 4 atom stereocenters. The van der Waals surface area contributed by atoms with Gasteiger partial charge in [0, 0.05) is 29.0 Å². The minimum atomic E-state index is -0.476. The van der Waals surface area contributed by atoms with Gasteiger partial charge < -0.3 is 25.3 Å². The van der Waals surface area contributed by atoms with Crippen molar-refractivity contribution in [3.05, 3.63) is 47.8 Å². The number of aromatic amines is 1. The summed E-state index contributed by atoms with van der Waals surface area (Å²) in [6.45, 7) is 4.67. The molecule has 0 spiro atoms. The van der Waals surface area contributed by atoms with Crippen LogP contribution in [-0.4, -0.2) is 51.6 Å². The van der Waals surface area contributed by atoms with Gasteiger partial charge in [-0.25, -0.2) is 9.37 Å². The molecule has 0 radical (unpaired) electrons. The summed E-state index contributed by atoms with van der Waals surface area (Å²) in [6, 6.07) is 11.1. The molecule has 1 aliphatic carbocycles. The maximum absolute atomic E-state index is 14.9. The zero-order chi connectivity index (χ0) is 22.5. The molecule has 3 aromatic rings. The molecule has 2 aromatic heterocycles. The summed E-state index contributed by atoms with van der Waals surface area (Å²) in [5, 5.41) is 23.2. The number of H-pyrrole nitrogens is 1. The third-order valence-electron chi connectivity index (χ3n) is 7.24. The van der Waals surface area contributed by atoms with Gasteiger partial charge in [-0.05, 0) is 24.8 Å². The minimum Gasteiger partial charge on any atom is -0.395 e. The van der Waals surface area contributed by atoms with Crippen LogP contribution >= 0.6 is 0 Å². The normalized spacial score (nSPS) is 25.2. The first-order valence-corrected chi connectivity index (χ1v) is 11.4. The summed E-state index contributed by atoms with van der Waals surface area (Å²) in [6.07, 6.45) is 1.97. The van der Waals surface area contributed by atoms with Gasteiger partial charge in [-0.2, -0.15) is 0 Å². The number of nitrogens with one attached hydrogen (secondary N) is 2. The number of nitrogens with zero attached hydrogens (tertiary/aromatic N) is 1. The molecule has 2 aliphatic rings. The Morgan fingerprint density at radius 2 is 2.03 bits per heavy atom. The highest BCUT2D eigenvalue weighted by molar-refractivity contribution is 5.83. The van der Waals surface area contributed by atoms with Gasteiger partial charge >= 0.3 is 0 Å². The lowest BCUT2D eigenvalue weighted by Crippen LogP contribution is -2.34. The van der Waals surface area contributed by atoms with Crippen LogP contribution in [0.2, 0.25) is 0 Å². The number of halogens is 1. The molecule has 6 nitrogen and oxygen atoms in total. The number of aliphatic hydroxyl groups excluding tert-OH is 2. The Balaban J connectivity index is 1.37. The van der Waals surface area contributed by atoms with Crippen LogP contribution in [0.5, 0.6) is 0 Å². The second-order valence-corrected chi connectivity index (χ2v) is 9.33. The standard InChI is InChI=1S/C25H30FN3O3/c1-3-21(31)24-14(2)20(12-32-24)28-22-11-19-18(27-22)10-17(26)23(29-19)15-4-6-16(7-5-15)25(13-30)8-9-25/h4-7,10-11,14,20-21,24,27-28,30-31H,3,8-9,12-13H2,1-2H3/t14-,20?,21?,24+/m1/s1. The van der Waals surface area contributed by atoms with E-state index < -0.39 is 6.10 Å². The number of anilines is 1. The maximum atomic E-state index is 14.9. The minimum absolute atomic E-state index is 0.0485. The first-order chi connectivity index (χ1) is 15.4. The van der Waals surface area contributed by atoms with E-state index >= 15 is 0 Å². The molecule has 3 heterocycles. The van der Waals surface area contributed by atoms with Gasteiger partial charge in [0.05, 0.1) is 42.5 Å². The number of hydrogen-bond donors (Lipinski definition) is 4. The Hall–Kier alpha value is -2.48. The topological polar surface area (TPSA) is 90.4 Å². The Kier molecular flexibility index (Phi) is 5.43. The predicted molar refractivity (Wildman–Crippen MR) is 122 cm³/mol. The zero-order valence-electron chi connectivity index (χ0n) is 18.4. The van der Waals surface area contributed by atoms with Crippen molar-refractivity contribution in [2.75, 3.05) is 18.5 Å². The predicted octanol–water partition coefficient (Wildman–Crippen LogP) is 3.98. The van der Waals surface area contributed by atoms with Crippen LogP contribution in [0.4, 0.5) is 10.2 Å². The van der Waals surface area contributed by atoms with Crippen molar-refractivity contribution < 1.29 is 19.3 Å². The van der Waals surface area contributed by atoms with Crippen molar-refractivity contribution in [2.45, 2.75) is 56.8 Å². The molecule has 2 unspecified atom stereocenters. The molecular weight excluding hydrogens is 409 g/mol. The highest BCUT2D eigenvalue weighted by atomic mass is 19.1. The molecule has 5 rings (SSSR count). The van der Waals surface area contributed by atoms with Crippen LogP contribution in [0.25, 0.3) is 22.3 Å². The molecule has 7 heteroatoms. The van der Waals surface area contributed by atoms with Gasteiger partial charge in [-0.1, -0.05) is 38.1 Å². The van der Waals surface area contributed by atoms with Crippen molar-refractivity contribution in [1.82, 2.24) is 9.97 Å². The molecule has 0 amide bonds. The Labute approximate surface area is 186 Å². The lowest BCUT2D eigenvalue weighted by molar-refractivity contribution is -0.0176. The number of ether oxygens (including phenoxy) is 1. The number of rotatable bonds is 7. The summed E-state index contributed by atoms with van der Waals surface area (Å²) in [7, 11) is 0. The van der Waals surface area contributed by atoms with Crippen molar-refractivity contribution in [2.24, 2.45) is 5.92 Å². The first-order valence-electron chi connectivity index (χ1n) is 11.4. The summed E-state index contributed by atoms with van der Waals surface area (Å²) in [5.41, 5.74) is 3.32. The third kappa shape index (κ3) is 3.68. The number of aromatic nitrogens is 2. The Morgan fingerprint density at radius 3 is 2.69 bits per heavy atom. The van der Waals surface area contributed by atoms with E-state index in [2.05, 4.69) is 22.2 Å². The van der Waals surface area contributed by atoms with Gasteiger partial charge in [0.1, 0.15) is 11.5 Å². The van der Waals surface area contributed by atoms with Crippen LogP contribution in [0.1, 0.15) is 38.7 Å². The van der Waals surface area contributed by atoms with Crippen LogP contribution in [0, 0.1) is 11.7 Å². The SMILES string of the molecule is CCC(O)[C@H]1OCC(Nc2cc3nc(-c4ccc(C5(CO)CC5)cc4)c(F)cc3[nH]2)[C@H]1C. The molecule has 1 aliphatic heterocycles. The fourth-order valence-corrected chi connectivity index (χ4v) is 4.80. The highest BCUT2D eigenvalue weighted by Crippen LogP contribution is 2.47. The molecule has 1 saturated carbocycles.